The Bertz CT molecular complexity index is 947. The summed E-state index contributed by atoms with van der Waals surface area (Å²) in [5.74, 6) is 1.20. The number of fused-ring (bicyclic) bond motifs is 1. The van der Waals surface area contributed by atoms with Gasteiger partial charge >= 0.3 is 0 Å². The van der Waals surface area contributed by atoms with Gasteiger partial charge in [0.15, 0.2) is 0 Å². The third kappa shape index (κ3) is 2.85. The largest absolute Gasteiger partial charge is 0.495 e. The molecule has 6 heteroatoms. The molecule has 2 heterocycles. The Morgan fingerprint density at radius 3 is 2.62 bits per heavy atom. The molecule has 0 unspecified atom stereocenters. The Labute approximate surface area is 144 Å². The summed E-state index contributed by atoms with van der Waals surface area (Å²) in [6.45, 7) is 7.72. The van der Waals surface area contributed by atoms with Crippen LogP contribution in [0.1, 0.15) is 32.3 Å². The maximum Gasteiger partial charge on any atom is 0.266 e. The normalized spacial score (nSPS) is 10.9. The first-order chi connectivity index (χ1) is 11.4. The van der Waals surface area contributed by atoms with Crippen LogP contribution in [0.3, 0.4) is 0 Å². The van der Waals surface area contributed by atoms with E-state index < -0.39 is 0 Å². The van der Waals surface area contributed by atoms with Crippen molar-refractivity contribution in [2.45, 2.75) is 27.7 Å². The van der Waals surface area contributed by atoms with Crippen LogP contribution in [0.2, 0.25) is 0 Å². The van der Waals surface area contributed by atoms with Crippen LogP contribution in [0.15, 0.2) is 18.2 Å². The number of amides is 1. The highest BCUT2D eigenvalue weighted by molar-refractivity contribution is 7.20. The number of thiophene rings is 1. The number of hydrogen-bond acceptors (Lipinski definition) is 5. The molecule has 5 nitrogen and oxygen atoms in total. The van der Waals surface area contributed by atoms with E-state index in [1.54, 1.807) is 7.11 Å². The minimum absolute atomic E-state index is 0.156. The average molecular weight is 341 g/mol. The number of ether oxygens (including phenoxy) is 1. The maximum absolute atomic E-state index is 12.8. The Morgan fingerprint density at radius 2 is 1.92 bits per heavy atom. The highest BCUT2D eigenvalue weighted by Gasteiger charge is 2.19. The summed E-state index contributed by atoms with van der Waals surface area (Å²) in [4.78, 5) is 23.1. The fourth-order valence-corrected chi connectivity index (χ4v) is 3.96. The van der Waals surface area contributed by atoms with Gasteiger partial charge in [0.25, 0.3) is 5.91 Å². The third-order valence-corrected chi connectivity index (χ3v) is 5.08. The second-order valence-electron chi connectivity index (χ2n) is 5.75. The molecule has 1 N–H and O–H groups in total. The topological polar surface area (TPSA) is 64.1 Å². The lowest BCUT2D eigenvalue weighted by Crippen LogP contribution is -2.12. The van der Waals surface area contributed by atoms with Gasteiger partial charge in [0.05, 0.1) is 17.7 Å². The highest BCUT2D eigenvalue weighted by Crippen LogP contribution is 2.33. The summed E-state index contributed by atoms with van der Waals surface area (Å²) in [7, 11) is 1.59. The number of rotatable bonds is 3. The molecule has 0 atom stereocenters. The van der Waals surface area contributed by atoms with E-state index in [1.807, 2.05) is 45.9 Å². The van der Waals surface area contributed by atoms with Crippen molar-refractivity contribution in [1.29, 1.82) is 0 Å². The number of aromatic nitrogens is 2. The zero-order chi connectivity index (χ0) is 17.4. The van der Waals surface area contributed by atoms with Crippen LogP contribution >= 0.6 is 11.3 Å². The van der Waals surface area contributed by atoms with Crippen LogP contribution in [0.5, 0.6) is 5.75 Å². The highest BCUT2D eigenvalue weighted by atomic mass is 32.1. The van der Waals surface area contributed by atoms with Crippen molar-refractivity contribution in [3.63, 3.8) is 0 Å². The molecule has 2 aromatic heterocycles. The SMILES string of the molecule is COc1ccc(C)cc1NC(=O)c1sc2nc(C)nc(C)c2c1C. The van der Waals surface area contributed by atoms with Crippen LogP contribution in [-0.2, 0) is 0 Å². The van der Waals surface area contributed by atoms with Crippen LogP contribution < -0.4 is 10.1 Å². The van der Waals surface area contributed by atoms with Crippen LogP contribution in [0, 0.1) is 27.7 Å². The van der Waals surface area contributed by atoms with E-state index in [2.05, 4.69) is 15.3 Å². The smallest absolute Gasteiger partial charge is 0.266 e. The first-order valence-electron chi connectivity index (χ1n) is 7.61. The summed E-state index contributed by atoms with van der Waals surface area (Å²) in [6.07, 6.45) is 0. The van der Waals surface area contributed by atoms with E-state index in [1.165, 1.54) is 11.3 Å². The molecule has 124 valence electrons. The van der Waals surface area contributed by atoms with Crippen molar-refractivity contribution in [3.05, 3.63) is 45.7 Å². The molecule has 0 radical (unpaired) electrons. The Hall–Kier alpha value is -2.47. The van der Waals surface area contributed by atoms with Crippen LogP contribution in [0.4, 0.5) is 5.69 Å². The van der Waals surface area contributed by atoms with E-state index in [9.17, 15) is 4.79 Å². The molecule has 0 spiro atoms. The van der Waals surface area contributed by atoms with E-state index in [-0.39, 0.29) is 5.91 Å². The summed E-state index contributed by atoms with van der Waals surface area (Å²) in [5, 5.41) is 3.92. The molecule has 0 aliphatic carbocycles. The fourth-order valence-electron chi connectivity index (χ4n) is 2.79. The van der Waals surface area contributed by atoms with Gasteiger partial charge in [-0.2, -0.15) is 0 Å². The lowest BCUT2D eigenvalue weighted by Gasteiger charge is -2.10. The van der Waals surface area contributed by atoms with Gasteiger partial charge in [0.1, 0.15) is 16.4 Å². The number of nitrogens with zero attached hydrogens (tertiary/aromatic N) is 2. The molecular weight excluding hydrogens is 322 g/mol. The second-order valence-corrected chi connectivity index (χ2v) is 6.75. The Kier molecular flexibility index (Phi) is 4.24. The van der Waals surface area contributed by atoms with Crippen molar-refractivity contribution in [3.8, 4) is 5.75 Å². The van der Waals surface area contributed by atoms with Gasteiger partial charge in [-0.25, -0.2) is 9.97 Å². The van der Waals surface area contributed by atoms with Crippen molar-refractivity contribution in [2.75, 3.05) is 12.4 Å². The Balaban J connectivity index is 2.02. The average Bonchev–Trinajstić information content (AvgIpc) is 2.84. The maximum atomic E-state index is 12.8. The van der Waals surface area contributed by atoms with E-state index >= 15 is 0 Å². The standard InChI is InChI=1S/C18H19N3O2S/c1-9-6-7-14(23-5)13(8-9)21-17(22)16-10(2)15-11(3)19-12(4)20-18(15)24-16/h6-8H,1-5H3,(H,21,22). The predicted molar refractivity (Wildman–Crippen MR) is 97.3 cm³/mol. The molecule has 0 aliphatic rings. The number of carbonyl (C=O) groups is 1. The van der Waals surface area contributed by atoms with Gasteiger partial charge in [-0.1, -0.05) is 6.07 Å². The molecule has 0 aliphatic heterocycles. The van der Waals surface area contributed by atoms with Gasteiger partial charge < -0.3 is 10.1 Å². The molecule has 0 fully saturated rings. The molecule has 0 saturated carbocycles. The molecule has 0 saturated heterocycles. The van der Waals surface area contributed by atoms with Gasteiger partial charge in [-0.05, 0) is 51.0 Å². The zero-order valence-corrected chi connectivity index (χ0v) is 15.2. The number of carbonyl (C=O) groups excluding carboxylic acids is 1. The van der Waals surface area contributed by atoms with Gasteiger partial charge in [0, 0.05) is 11.1 Å². The Morgan fingerprint density at radius 1 is 1.17 bits per heavy atom. The zero-order valence-electron chi connectivity index (χ0n) is 14.4. The number of nitrogens with one attached hydrogen (secondary N) is 1. The second kappa shape index (κ2) is 6.20. The van der Waals surface area contributed by atoms with E-state index in [0.29, 0.717) is 22.1 Å². The van der Waals surface area contributed by atoms with E-state index in [0.717, 1.165) is 27.0 Å². The minimum Gasteiger partial charge on any atom is -0.495 e. The number of hydrogen-bond donors (Lipinski definition) is 1. The van der Waals surface area contributed by atoms with Crippen LogP contribution in [0.25, 0.3) is 10.2 Å². The lowest BCUT2D eigenvalue weighted by atomic mass is 10.1. The first kappa shape index (κ1) is 16.4. The fraction of sp³-hybridized carbons (Fsp3) is 0.278. The third-order valence-electron chi connectivity index (χ3n) is 3.89. The van der Waals surface area contributed by atoms with Crippen molar-refractivity contribution in [2.24, 2.45) is 0 Å². The van der Waals surface area contributed by atoms with Gasteiger partial charge in [0.2, 0.25) is 0 Å². The minimum atomic E-state index is -0.156. The van der Waals surface area contributed by atoms with Crippen molar-refractivity contribution < 1.29 is 9.53 Å². The first-order valence-corrected chi connectivity index (χ1v) is 8.42. The summed E-state index contributed by atoms with van der Waals surface area (Å²) in [5.41, 5.74) is 3.53. The van der Waals surface area contributed by atoms with Gasteiger partial charge in [-0.3, -0.25) is 4.79 Å². The number of anilines is 1. The molecular formula is C18H19N3O2S. The molecule has 3 aromatic rings. The van der Waals surface area contributed by atoms with Crippen LogP contribution in [-0.4, -0.2) is 23.0 Å². The quantitative estimate of drug-likeness (QED) is 0.776. The van der Waals surface area contributed by atoms with E-state index in [4.69, 9.17) is 4.74 Å². The number of aryl methyl sites for hydroxylation is 4. The number of benzene rings is 1. The molecule has 24 heavy (non-hydrogen) atoms. The lowest BCUT2D eigenvalue weighted by molar-refractivity contribution is 0.102. The summed E-state index contributed by atoms with van der Waals surface area (Å²) < 4.78 is 5.33. The molecule has 3 rings (SSSR count). The monoisotopic (exact) mass is 341 g/mol. The molecule has 1 amide bonds. The summed E-state index contributed by atoms with van der Waals surface area (Å²) in [6, 6.07) is 5.69. The number of methoxy groups -OCH3 is 1. The van der Waals surface area contributed by atoms with Gasteiger partial charge in [-0.15, -0.1) is 11.3 Å². The predicted octanol–water partition coefficient (Wildman–Crippen LogP) is 4.19. The molecule has 1 aromatic carbocycles. The molecule has 0 bridgehead atoms. The van der Waals surface area contributed by atoms with Crippen molar-refractivity contribution >= 4 is 33.1 Å². The van der Waals surface area contributed by atoms with Crippen molar-refractivity contribution in [1.82, 2.24) is 9.97 Å². The summed E-state index contributed by atoms with van der Waals surface area (Å²) >= 11 is 1.39.